The molecule has 1 atom stereocenters. The number of aliphatic hydroxyl groups excluding tert-OH is 1. The first-order chi connectivity index (χ1) is 9.01. The second-order valence-electron chi connectivity index (χ2n) is 5.40. The fourth-order valence-corrected chi connectivity index (χ4v) is 2.19. The van der Waals surface area contributed by atoms with Crippen LogP contribution in [0.15, 0.2) is 54.6 Å². The number of benzene rings is 2. The number of rotatable bonds is 4. The summed E-state index contributed by atoms with van der Waals surface area (Å²) in [4.78, 5) is 0. The zero-order valence-corrected chi connectivity index (χ0v) is 11.3. The van der Waals surface area contributed by atoms with Crippen LogP contribution in [0.4, 0.5) is 4.39 Å². The zero-order chi connectivity index (χ0) is 13.9. The minimum Gasteiger partial charge on any atom is -0.392 e. The van der Waals surface area contributed by atoms with Gasteiger partial charge in [-0.3, -0.25) is 0 Å². The molecule has 2 rings (SSSR count). The zero-order valence-electron chi connectivity index (χ0n) is 11.3. The van der Waals surface area contributed by atoms with Crippen LogP contribution in [0.3, 0.4) is 0 Å². The molecule has 0 amide bonds. The van der Waals surface area contributed by atoms with Crippen LogP contribution in [-0.4, -0.2) is 11.2 Å². The molecule has 0 saturated heterocycles. The average Bonchev–Trinajstić information content (AvgIpc) is 2.42. The molecule has 100 valence electrons. The monoisotopic (exact) mass is 258 g/mol. The molecule has 1 N–H and O–H groups in total. The third-order valence-electron chi connectivity index (χ3n) is 3.72. The van der Waals surface area contributed by atoms with Crippen molar-refractivity contribution in [3.05, 3.63) is 71.5 Å². The van der Waals surface area contributed by atoms with Gasteiger partial charge in [0.15, 0.2) is 0 Å². The molecule has 0 spiro atoms. The Morgan fingerprint density at radius 1 is 1.00 bits per heavy atom. The molecule has 1 unspecified atom stereocenters. The highest BCUT2D eigenvalue weighted by Gasteiger charge is 2.30. The van der Waals surface area contributed by atoms with Gasteiger partial charge in [0, 0.05) is 11.8 Å². The second kappa shape index (κ2) is 5.54. The standard InChI is InChI=1S/C17H19FO/c1-17(2,14-9-4-3-5-10-14)16(19)12-13-8-6-7-11-15(13)18/h3-11,16,19H,12H2,1-2H3. The van der Waals surface area contributed by atoms with Crippen LogP contribution in [0.25, 0.3) is 0 Å². The van der Waals surface area contributed by atoms with Gasteiger partial charge in [-0.25, -0.2) is 4.39 Å². The van der Waals surface area contributed by atoms with E-state index in [9.17, 15) is 9.50 Å². The summed E-state index contributed by atoms with van der Waals surface area (Å²) in [5, 5.41) is 10.4. The molecule has 0 aliphatic carbocycles. The van der Waals surface area contributed by atoms with Gasteiger partial charge in [-0.2, -0.15) is 0 Å². The molecule has 19 heavy (non-hydrogen) atoms. The minimum atomic E-state index is -0.633. The highest BCUT2D eigenvalue weighted by molar-refractivity contribution is 5.27. The van der Waals surface area contributed by atoms with E-state index in [1.807, 2.05) is 44.2 Å². The normalized spacial score (nSPS) is 13.3. The summed E-state index contributed by atoms with van der Waals surface area (Å²) in [6.07, 6.45) is -0.319. The Balaban J connectivity index is 2.20. The Labute approximate surface area is 113 Å². The Kier molecular flexibility index (Phi) is 4.01. The first-order valence-corrected chi connectivity index (χ1v) is 6.49. The molecule has 0 radical (unpaired) electrons. The van der Waals surface area contributed by atoms with Gasteiger partial charge in [-0.15, -0.1) is 0 Å². The third-order valence-corrected chi connectivity index (χ3v) is 3.72. The summed E-state index contributed by atoms with van der Waals surface area (Å²) in [7, 11) is 0. The van der Waals surface area contributed by atoms with Gasteiger partial charge in [0.2, 0.25) is 0 Å². The third kappa shape index (κ3) is 3.02. The molecule has 2 aromatic carbocycles. The average molecular weight is 258 g/mol. The molecular formula is C17H19FO. The van der Waals surface area contributed by atoms with Crippen molar-refractivity contribution in [2.75, 3.05) is 0 Å². The maximum absolute atomic E-state index is 13.6. The molecule has 0 heterocycles. The van der Waals surface area contributed by atoms with Crippen molar-refractivity contribution in [1.82, 2.24) is 0 Å². The molecule has 1 nitrogen and oxygen atoms in total. The second-order valence-corrected chi connectivity index (χ2v) is 5.40. The van der Waals surface area contributed by atoms with E-state index in [2.05, 4.69) is 0 Å². The van der Waals surface area contributed by atoms with E-state index < -0.39 is 11.5 Å². The molecule has 2 aromatic rings. The molecule has 2 heteroatoms. The summed E-state index contributed by atoms with van der Waals surface area (Å²) in [5.41, 5.74) is 1.20. The van der Waals surface area contributed by atoms with Crippen LogP contribution in [0.1, 0.15) is 25.0 Å². The summed E-state index contributed by atoms with van der Waals surface area (Å²) in [5.74, 6) is -0.259. The van der Waals surface area contributed by atoms with E-state index >= 15 is 0 Å². The summed E-state index contributed by atoms with van der Waals surface area (Å²) < 4.78 is 13.6. The Hall–Kier alpha value is -1.67. The van der Waals surface area contributed by atoms with Crippen molar-refractivity contribution in [2.45, 2.75) is 31.8 Å². The SMILES string of the molecule is CC(C)(c1ccccc1)C(O)Cc1ccccc1F. The van der Waals surface area contributed by atoms with Crippen LogP contribution in [0, 0.1) is 5.82 Å². The van der Waals surface area contributed by atoms with E-state index in [-0.39, 0.29) is 5.82 Å². The lowest BCUT2D eigenvalue weighted by Gasteiger charge is -2.31. The van der Waals surface area contributed by atoms with Gasteiger partial charge in [0.25, 0.3) is 0 Å². The van der Waals surface area contributed by atoms with E-state index in [1.165, 1.54) is 6.07 Å². The highest BCUT2D eigenvalue weighted by Crippen LogP contribution is 2.29. The van der Waals surface area contributed by atoms with Gasteiger partial charge in [-0.1, -0.05) is 62.4 Å². The topological polar surface area (TPSA) is 20.2 Å². The number of halogens is 1. The lowest BCUT2D eigenvalue weighted by Crippen LogP contribution is -2.35. The Morgan fingerprint density at radius 2 is 1.58 bits per heavy atom. The van der Waals surface area contributed by atoms with E-state index in [4.69, 9.17) is 0 Å². The van der Waals surface area contributed by atoms with Crippen molar-refractivity contribution in [3.63, 3.8) is 0 Å². The predicted octanol–water partition coefficient (Wildman–Crippen LogP) is 3.71. The molecule has 0 saturated carbocycles. The Morgan fingerprint density at radius 3 is 2.21 bits per heavy atom. The predicted molar refractivity (Wildman–Crippen MR) is 75.6 cm³/mol. The van der Waals surface area contributed by atoms with Crippen molar-refractivity contribution >= 4 is 0 Å². The number of hydrogen-bond donors (Lipinski definition) is 1. The first-order valence-electron chi connectivity index (χ1n) is 6.49. The van der Waals surface area contributed by atoms with Crippen LogP contribution >= 0.6 is 0 Å². The number of hydrogen-bond acceptors (Lipinski definition) is 1. The molecule has 0 bridgehead atoms. The van der Waals surface area contributed by atoms with Gasteiger partial charge >= 0.3 is 0 Å². The highest BCUT2D eigenvalue weighted by atomic mass is 19.1. The van der Waals surface area contributed by atoms with Crippen molar-refractivity contribution in [2.24, 2.45) is 0 Å². The van der Waals surface area contributed by atoms with Crippen LogP contribution in [0.5, 0.6) is 0 Å². The van der Waals surface area contributed by atoms with Gasteiger partial charge < -0.3 is 5.11 Å². The van der Waals surface area contributed by atoms with Gasteiger partial charge in [0.05, 0.1) is 6.10 Å². The maximum atomic E-state index is 13.6. The lowest BCUT2D eigenvalue weighted by atomic mass is 9.77. The van der Waals surface area contributed by atoms with Crippen molar-refractivity contribution < 1.29 is 9.50 Å². The minimum absolute atomic E-state index is 0.259. The Bertz CT molecular complexity index is 534. The molecule has 0 aromatic heterocycles. The molecule has 0 aliphatic heterocycles. The van der Waals surface area contributed by atoms with E-state index in [0.717, 1.165) is 5.56 Å². The molecular weight excluding hydrogens is 239 g/mol. The van der Waals surface area contributed by atoms with Crippen molar-refractivity contribution in [3.8, 4) is 0 Å². The largest absolute Gasteiger partial charge is 0.392 e. The van der Waals surface area contributed by atoms with Gasteiger partial charge in [-0.05, 0) is 17.2 Å². The summed E-state index contributed by atoms with van der Waals surface area (Å²) in [6.45, 7) is 3.96. The van der Waals surface area contributed by atoms with Gasteiger partial charge in [0.1, 0.15) is 5.82 Å². The van der Waals surface area contributed by atoms with E-state index in [0.29, 0.717) is 12.0 Å². The summed E-state index contributed by atoms with van der Waals surface area (Å²) in [6, 6.07) is 16.4. The number of aliphatic hydroxyl groups is 1. The maximum Gasteiger partial charge on any atom is 0.126 e. The fraction of sp³-hybridized carbons (Fsp3) is 0.294. The van der Waals surface area contributed by atoms with Crippen LogP contribution < -0.4 is 0 Å². The smallest absolute Gasteiger partial charge is 0.126 e. The lowest BCUT2D eigenvalue weighted by molar-refractivity contribution is 0.0991. The van der Waals surface area contributed by atoms with Crippen LogP contribution in [-0.2, 0) is 11.8 Å². The fourth-order valence-electron chi connectivity index (χ4n) is 2.19. The van der Waals surface area contributed by atoms with Crippen LogP contribution in [0.2, 0.25) is 0 Å². The van der Waals surface area contributed by atoms with E-state index in [1.54, 1.807) is 18.2 Å². The first kappa shape index (κ1) is 13.8. The van der Waals surface area contributed by atoms with Crippen molar-refractivity contribution in [1.29, 1.82) is 0 Å². The molecule has 0 fully saturated rings. The summed E-state index contributed by atoms with van der Waals surface area (Å²) >= 11 is 0. The quantitative estimate of drug-likeness (QED) is 0.886. The molecule has 0 aliphatic rings.